The summed E-state index contributed by atoms with van der Waals surface area (Å²) >= 11 is 0. The second-order valence-corrected chi connectivity index (χ2v) is 4.94. The van der Waals surface area contributed by atoms with Crippen molar-refractivity contribution in [3.05, 3.63) is 41.9 Å². The Morgan fingerprint density at radius 3 is 2.33 bits per heavy atom. The minimum Gasteiger partial charge on any atom is -0.0807 e. The lowest BCUT2D eigenvalue weighted by atomic mass is 9.98. The zero-order valence-corrected chi connectivity index (χ0v) is 12.0. The molecule has 0 unspecified atom stereocenters. The lowest BCUT2D eigenvalue weighted by Crippen LogP contribution is -1.86. The Morgan fingerprint density at radius 1 is 1.00 bits per heavy atom. The molecule has 0 bridgehead atoms. The summed E-state index contributed by atoms with van der Waals surface area (Å²) in [7, 11) is 0. The summed E-state index contributed by atoms with van der Waals surface area (Å²) < 4.78 is 8.36. The minimum absolute atomic E-state index is 0.857. The van der Waals surface area contributed by atoms with Crippen LogP contribution in [-0.2, 0) is 0 Å². The molecule has 0 aliphatic rings. The number of allylic oxidation sites excluding steroid dienone is 2. The van der Waals surface area contributed by atoms with Crippen LogP contribution in [0.3, 0.4) is 0 Å². The van der Waals surface area contributed by atoms with E-state index in [1.807, 2.05) is 6.07 Å². The number of unbranched alkanes of at least 4 members (excludes halogenated alkanes) is 4. The van der Waals surface area contributed by atoms with E-state index in [0.717, 1.165) is 25.3 Å². The van der Waals surface area contributed by atoms with Gasteiger partial charge in [0, 0.05) is 0 Å². The highest BCUT2D eigenvalue weighted by molar-refractivity contribution is 5.65. The largest absolute Gasteiger partial charge is 0.0807 e. The first-order valence-corrected chi connectivity index (χ1v) is 7.53. The van der Waals surface area contributed by atoms with Gasteiger partial charge in [0.05, 0.1) is 1.37 Å². The molecule has 0 spiro atoms. The summed E-state index contributed by atoms with van der Waals surface area (Å²) in [6.07, 6.45) is 9.32. The highest BCUT2D eigenvalue weighted by Gasteiger charge is 2.00. The molecule has 0 N–H and O–H groups in total. The van der Waals surface area contributed by atoms with Crippen molar-refractivity contribution in [2.75, 3.05) is 0 Å². The van der Waals surface area contributed by atoms with Gasteiger partial charge in [-0.3, -0.25) is 0 Å². The third kappa shape index (κ3) is 6.05. The van der Waals surface area contributed by atoms with E-state index >= 15 is 0 Å². The summed E-state index contributed by atoms with van der Waals surface area (Å²) in [4.78, 5) is 0. The van der Waals surface area contributed by atoms with Gasteiger partial charge in [-0.2, -0.15) is 0 Å². The molecule has 0 fully saturated rings. The summed E-state index contributed by atoms with van der Waals surface area (Å²) in [5, 5.41) is 0. The normalized spacial score (nSPS) is 13.1. The van der Waals surface area contributed by atoms with E-state index in [9.17, 15) is 0 Å². The van der Waals surface area contributed by atoms with Crippen LogP contribution >= 0.6 is 0 Å². The zero-order chi connectivity index (χ0) is 13.9. The average molecular weight is 245 g/mol. The summed E-state index contributed by atoms with van der Waals surface area (Å²) in [5.41, 5.74) is 2.52. The van der Waals surface area contributed by atoms with Gasteiger partial charge in [0.25, 0.3) is 0 Å². The third-order valence-electron chi connectivity index (χ3n) is 3.27. The van der Waals surface area contributed by atoms with Gasteiger partial charge < -0.3 is 0 Å². The molecule has 0 aliphatic carbocycles. The predicted molar refractivity (Wildman–Crippen MR) is 82.7 cm³/mol. The molecular formula is C18H28. The van der Waals surface area contributed by atoms with Crippen molar-refractivity contribution in [1.29, 1.82) is 0 Å². The highest BCUT2D eigenvalue weighted by atomic mass is 14.1. The van der Waals surface area contributed by atoms with Crippen LogP contribution in [0.1, 0.15) is 72.1 Å². The molecule has 100 valence electrons. The predicted octanol–water partition coefficient (Wildman–Crippen LogP) is 6.23. The van der Waals surface area contributed by atoms with Crippen molar-refractivity contribution < 1.29 is 1.37 Å². The first kappa shape index (κ1) is 13.4. The van der Waals surface area contributed by atoms with E-state index in [2.05, 4.69) is 38.1 Å². The monoisotopic (exact) mass is 245 g/mol. The topological polar surface area (TPSA) is 0 Å². The molecule has 1 aromatic carbocycles. The van der Waals surface area contributed by atoms with Crippen molar-refractivity contribution in [3.8, 4) is 0 Å². The Bertz CT molecular complexity index is 365. The molecular weight excluding hydrogens is 216 g/mol. The molecule has 0 nitrogen and oxygen atoms in total. The van der Waals surface area contributed by atoms with Crippen LogP contribution in [0.4, 0.5) is 0 Å². The van der Waals surface area contributed by atoms with Crippen LogP contribution in [0.2, 0.25) is 0 Å². The molecule has 0 heterocycles. The van der Waals surface area contributed by atoms with Gasteiger partial charge >= 0.3 is 0 Å². The van der Waals surface area contributed by atoms with E-state index in [1.54, 1.807) is 0 Å². The van der Waals surface area contributed by atoms with E-state index < -0.39 is 0 Å². The molecule has 0 saturated heterocycles. The lowest BCUT2D eigenvalue weighted by molar-refractivity contribution is 0.720. The van der Waals surface area contributed by atoms with Crippen LogP contribution in [-0.4, -0.2) is 0 Å². The Morgan fingerprint density at radius 2 is 1.67 bits per heavy atom. The van der Waals surface area contributed by atoms with Crippen molar-refractivity contribution in [1.82, 2.24) is 0 Å². The van der Waals surface area contributed by atoms with Crippen LogP contribution in [0.25, 0.3) is 5.57 Å². The number of hydrogen-bond acceptors (Lipinski definition) is 0. The number of hydrogen-bond donors (Lipinski definition) is 0. The number of rotatable bonds is 9. The molecule has 0 aromatic heterocycles. The Hall–Kier alpha value is -1.04. The fourth-order valence-electron chi connectivity index (χ4n) is 2.14. The Balaban J connectivity index is 2.75. The van der Waals surface area contributed by atoms with Crippen molar-refractivity contribution in [2.24, 2.45) is 0 Å². The summed E-state index contributed by atoms with van der Waals surface area (Å²) in [6.45, 7) is 4.45. The van der Waals surface area contributed by atoms with Gasteiger partial charge in [0.1, 0.15) is 0 Å². The van der Waals surface area contributed by atoms with E-state index in [4.69, 9.17) is 1.37 Å². The van der Waals surface area contributed by atoms with Gasteiger partial charge in [0.15, 0.2) is 0 Å². The quantitative estimate of drug-likeness (QED) is 0.452. The first-order valence-electron chi connectivity index (χ1n) is 8.03. The molecule has 18 heavy (non-hydrogen) atoms. The number of benzene rings is 1. The molecule has 0 radical (unpaired) electrons. The van der Waals surface area contributed by atoms with E-state index in [-0.39, 0.29) is 0 Å². The average Bonchev–Trinajstić information content (AvgIpc) is 2.45. The van der Waals surface area contributed by atoms with Crippen LogP contribution < -0.4 is 0 Å². The van der Waals surface area contributed by atoms with Gasteiger partial charge in [-0.05, 0) is 36.8 Å². The molecule has 0 atom stereocenters. The van der Waals surface area contributed by atoms with Gasteiger partial charge in [-0.25, -0.2) is 0 Å². The van der Waals surface area contributed by atoms with Gasteiger partial charge in [-0.15, -0.1) is 0 Å². The van der Waals surface area contributed by atoms with Crippen LogP contribution in [0, 0.1) is 0 Å². The SMILES string of the molecule is [2H]/C(CCCCC)=C(/CCCCC)c1ccccc1. The van der Waals surface area contributed by atoms with Crippen molar-refractivity contribution in [2.45, 2.75) is 65.2 Å². The molecule has 1 rings (SSSR count). The molecule has 0 heteroatoms. The smallest absolute Gasteiger partial charge is 0.0579 e. The molecule has 0 saturated carbocycles. The van der Waals surface area contributed by atoms with E-state index in [1.165, 1.54) is 43.2 Å². The molecule has 0 aliphatic heterocycles. The minimum atomic E-state index is 0.857. The van der Waals surface area contributed by atoms with Crippen LogP contribution in [0.5, 0.6) is 0 Å². The second-order valence-electron chi connectivity index (χ2n) is 4.94. The van der Waals surface area contributed by atoms with E-state index in [0.29, 0.717) is 0 Å². The highest BCUT2D eigenvalue weighted by Crippen LogP contribution is 2.22. The van der Waals surface area contributed by atoms with Crippen molar-refractivity contribution >= 4 is 5.57 Å². The first-order chi connectivity index (χ1) is 9.29. The third-order valence-corrected chi connectivity index (χ3v) is 3.27. The maximum Gasteiger partial charge on any atom is 0.0579 e. The lowest BCUT2D eigenvalue weighted by Gasteiger charge is -2.08. The zero-order valence-electron chi connectivity index (χ0n) is 13.0. The fraction of sp³-hybridized carbons (Fsp3) is 0.556. The molecule has 0 amide bonds. The molecule has 1 aromatic rings. The van der Waals surface area contributed by atoms with Crippen LogP contribution in [0.15, 0.2) is 36.4 Å². The Labute approximate surface area is 115 Å². The fourth-order valence-corrected chi connectivity index (χ4v) is 2.14. The Kier molecular flexibility index (Phi) is 7.39. The van der Waals surface area contributed by atoms with Gasteiger partial charge in [0.2, 0.25) is 0 Å². The maximum atomic E-state index is 8.36. The van der Waals surface area contributed by atoms with Gasteiger partial charge in [-0.1, -0.05) is 75.9 Å². The standard InChI is InChI=1S/C18H28/c1-3-5-7-10-14-17(13-9-6-4-2)18-15-11-8-12-16-18/h8,11-12,14-16H,3-7,9-10,13H2,1-2H3/b17-14+/i14D. The second kappa shape index (κ2) is 9.94. The summed E-state index contributed by atoms with van der Waals surface area (Å²) in [5.74, 6) is 0. The summed E-state index contributed by atoms with van der Waals surface area (Å²) in [6, 6.07) is 11.4. The maximum absolute atomic E-state index is 8.36. The van der Waals surface area contributed by atoms with Crippen molar-refractivity contribution in [3.63, 3.8) is 0 Å².